The van der Waals surface area contributed by atoms with E-state index in [1.807, 2.05) is 0 Å². The molecule has 0 bridgehead atoms. The van der Waals surface area contributed by atoms with Crippen LogP contribution in [0.3, 0.4) is 0 Å². The highest BCUT2D eigenvalue weighted by atomic mass is 19.1. The number of aromatic nitrogens is 2. The fourth-order valence-corrected chi connectivity index (χ4v) is 2.25. The lowest BCUT2D eigenvalue weighted by Gasteiger charge is -2.08. The Kier molecular flexibility index (Phi) is 4.65. The molecule has 0 atom stereocenters. The maximum atomic E-state index is 13.3. The van der Waals surface area contributed by atoms with Gasteiger partial charge in [0.2, 0.25) is 0 Å². The largest absolute Gasteiger partial charge is 0.320 e. The van der Waals surface area contributed by atoms with Gasteiger partial charge in [-0.2, -0.15) is 5.10 Å². The van der Waals surface area contributed by atoms with Gasteiger partial charge in [-0.05, 0) is 42.0 Å². The van der Waals surface area contributed by atoms with Crippen molar-refractivity contribution < 1.29 is 13.6 Å². The zero-order valence-corrected chi connectivity index (χ0v) is 12.9. The number of nitrogens with zero attached hydrogens (tertiary/aromatic N) is 2. The van der Waals surface area contributed by atoms with Crippen LogP contribution in [-0.4, -0.2) is 15.7 Å². The van der Waals surface area contributed by atoms with Gasteiger partial charge < -0.3 is 5.32 Å². The Labute approximate surface area is 141 Å². The molecule has 3 rings (SSSR count). The molecule has 1 heterocycles. The lowest BCUT2D eigenvalue weighted by atomic mass is 10.2. The lowest BCUT2D eigenvalue weighted by molar-refractivity contribution is 0.102. The Hall–Kier alpha value is -3.35. The molecule has 7 heteroatoms. The number of benzene rings is 2. The Morgan fingerprint density at radius 3 is 2.44 bits per heavy atom. The zero-order valence-electron chi connectivity index (χ0n) is 12.9. The molecule has 0 saturated heterocycles. The van der Waals surface area contributed by atoms with Gasteiger partial charge in [0, 0.05) is 11.8 Å². The van der Waals surface area contributed by atoms with E-state index in [0.29, 0.717) is 5.56 Å². The van der Waals surface area contributed by atoms with Crippen molar-refractivity contribution in [2.75, 3.05) is 5.32 Å². The lowest BCUT2D eigenvalue weighted by Crippen LogP contribution is -2.26. The first-order chi connectivity index (χ1) is 12.0. The number of anilines is 1. The number of hydrogen-bond acceptors (Lipinski definition) is 3. The van der Waals surface area contributed by atoms with E-state index in [1.54, 1.807) is 6.07 Å². The summed E-state index contributed by atoms with van der Waals surface area (Å²) < 4.78 is 27.5. The summed E-state index contributed by atoms with van der Waals surface area (Å²) in [6.07, 6.45) is 0. The SMILES string of the molecule is O=C(Nc1cccc(F)c1)c1ccc(=O)n(Cc2cccc(F)c2)n1. The molecule has 1 N–H and O–H groups in total. The summed E-state index contributed by atoms with van der Waals surface area (Å²) in [6.45, 7) is 0.0255. The number of carbonyl (C=O) groups is 1. The number of nitrogens with one attached hydrogen (secondary N) is 1. The van der Waals surface area contributed by atoms with Crippen molar-refractivity contribution in [1.82, 2.24) is 9.78 Å². The maximum Gasteiger partial charge on any atom is 0.276 e. The summed E-state index contributed by atoms with van der Waals surface area (Å²) in [6, 6.07) is 13.6. The summed E-state index contributed by atoms with van der Waals surface area (Å²) in [5.74, 6) is -1.49. The zero-order chi connectivity index (χ0) is 17.8. The summed E-state index contributed by atoms with van der Waals surface area (Å²) in [5.41, 5.74) is 0.374. The molecule has 5 nitrogen and oxygen atoms in total. The Bertz CT molecular complexity index is 986. The second-order valence-corrected chi connectivity index (χ2v) is 5.31. The molecule has 0 spiro atoms. The van der Waals surface area contributed by atoms with E-state index in [4.69, 9.17) is 0 Å². The Morgan fingerprint density at radius 2 is 1.72 bits per heavy atom. The molecular formula is C18H13F2N3O2. The van der Waals surface area contributed by atoms with Gasteiger partial charge in [0.05, 0.1) is 6.54 Å². The summed E-state index contributed by atoms with van der Waals surface area (Å²) in [5, 5.41) is 6.49. The third kappa shape index (κ3) is 4.14. The number of hydrogen-bond donors (Lipinski definition) is 1. The van der Waals surface area contributed by atoms with Crippen LogP contribution in [0.1, 0.15) is 16.1 Å². The van der Waals surface area contributed by atoms with Gasteiger partial charge in [0.25, 0.3) is 11.5 Å². The fraction of sp³-hybridized carbons (Fsp3) is 0.0556. The maximum absolute atomic E-state index is 13.3. The highest BCUT2D eigenvalue weighted by molar-refractivity contribution is 6.02. The first-order valence-electron chi connectivity index (χ1n) is 7.41. The van der Waals surface area contributed by atoms with Gasteiger partial charge in [-0.15, -0.1) is 0 Å². The summed E-state index contributed by atoms with van der Waals surface area (Å²) in [7, 11) is 0. The quantitative estimate of drug-likeness (QED) is 0.794. The third-order valence-corrected chi connectivity index (χ3v) is 3.40. The minimum atomic E-state index is -0.585. The van der Waals surface area contributed by atoms with Crippen LogP contribution in [0.2, 0.25) is 0 Å². The molecule has 0 saturated carbocycles. The van der Waals surface area contributed by atoms with Crippen LogP contribution >= 0.6 is 0 Å². The molecule has 0 unspecified atom stereocenters. The minimum absolute atomic E-state index is 0.0136. The predicted octanol–water partition coefficient (Wildman–Crippen LogP) is 2.82. The molecule has 0 radical (unpaired) electrons. The van der Waals surface area contributed by atoms with Gasteiger partial charge in [0.1, 0.15) is 17.3 Å². The van der Waals surface area contributed by atoms with E-state index >= 15 is 0 Å². The van der Waals surface area contributed by atoms with E-state index in [1.165, 1.54) is 54.6 Å². The molecule has 1 amide bonds. The van der Waals surface area contributed by atoms with E-state index in [0.717, 1.165) is 4.68 Å². The van der Waals surface area contributed by atoms with Crippen molar-refractivity contribution in [3.8, 4) is 0 Å². The van der Waals surface area contributed by atoms with Crippen LogP contribution in [0, 0.1) is 11.6 Å². The topological polar surface area (TPSA) is 64.0 Å². The van der Waals surface area contributed by atoms with Crippen molar-refractivity contribution in [3.05, 3.63) is 93.9 Å². The first kappa shape index (κ1) is 16.5. The van der Waals surface area contributed by atoms with Crippen molar-refractivity contribution in [3.63, 3.8) is 0 Å². The molecule has 126 valence electrons. The second-order valence-electron chi connectivity index (χ2n) is 5.31. The predicted molar refractivity (Wildman–Crippen MR) is 88.4 cm³/mol. The molecule has 25 heavy (non-hydrogen) atoms. The average molecular weight is 341 g/mol. The van der Waals surface area contributed by atoms with Crippen LogP contribution in [0.25, 0.3) is 0 Å². The molecule has 0 aliphatic heterocycles. The van der Waals surface area contributed by atoms with Crippen molar-refractivity contribution in [2.24, 2.45) is 0 Å². The van der Waals surface area contributed by atoms with Crippen molar-refractivity contribution >= 4 is 11.6 Å². The smallest absolute Gasteiger partial charge is 0.276 e. The van der Waals surface area contributed by atoms with Crippen LogP contribution in [0.4, 0.5) is 14.5 Å². The number of halogens is 2. The highest BCUT2D eigenvalue weighted by Gasteiger charge is 2.11. The van der Waals surface area contributed by atoms with Crippen molar-refractivity contribution in [1.29, 1.82) is 0 Å². The van der Waals surface area contributed by atoms with E-state index in [9.17, 15) is 18.4 Å². The Balaban J connectivity index is 1.83. The Morgan fingerprint density at radius 1 is 1.00 bits per heavy atom. The van der Waals surface area contributed by atoms with E-state index in [-0.39, 0.29) is 17.9 Å². The molecule has 3 aromatic rings. The van der Waals surface area contributed by atoms with Gasteiger partial charge in [-0.25, -0.2) is 13.5 Å². The van der Waals surface area contributed by atoms with Crippen LogP contribution in [0.5, 0.6) is 0 Å². The van der Waals surface area contributed by atoms with Crippen LogP contribution in [-0.2, 0) is 6.54 Å². The number of carbonyl (C=O) groups excluding carboxylic acids is 1. The summed E-state index contributed by atoms with van der Waals surface area (Å²) >= 11 is 0. The standard InChI is InChI=1S/C18H13F2N3O2/c19-13-4-1-3-12(9-13)11-23-17(24)8-7-16(22-23)18(25)21-15-6-2-5-14(20)10-15/h1-10H,11H2,(H,21,25). The van der Waals surface area contributed by atoms with Gasteiger partial charge in [-0.3, -0.25) is 9.59 Å². The average Bonchev–Trinajstić information content (AvgIpc) is 2.57. The minimum Gasteiger partial charge on any atom is -0.320 e. The number of amides is 1. The fourth-order valence-electron chi connectivity index (χ4n) is 2.25. The molecular weight excluding hydrogens is 328 g/mol. The molecule has 0 aliphatic rings. The first-order valence-corrected chi connectivity index (χ1v) is 7.41. The van der Waals surface area contributed by atoms with Gasteiger partial charge >= 0.3 is 0 Å². The number of rotatable bonds is 4. The molecule has 2 aromatic carbocycles. The molecule has 1 aromatic heterocycles. The highest BCUT2D eigenvalue weighted by Crippen LogP contribution is 2.10. The van der Waals surface area contributed by atoms with E-state index in [2.05, 4.69) is 10.4 Å². The normalized spacial score (nSPS) is 10.5. The third-order valence-electron chi connectivity index (χ3n) is 3.40. The monoisotopic (exact) mass is 341 g/mol. The molecule has 0 fully saturated rings. The van der Waals surface area contributed by atoms with Gasteiger partial charge in [0.15, 0.2) is 0 Å². The van der Waals surface area contributed by atoms with E-state index < -0.39 is 23.1 Å². The van der Waals surface area contributed by atoms with Crippen LogP contribution in [0.15, 0.2) is 65.5 Å². The van der Waals surface area contributed by atoms with Gasteiger partial charge in [-0.1, -0.05) is 18.2 Å². The molecule has 0 aliphatic carbocycles. The summed E-state index contributed by atoms with van der Waals surface area (Å²) in [4.78, 5) is 24.1. The van der Waals surface area contributed by atoms with Crippen LogP contribution < -0.4 is 10.9 Å². The second kappa shape index (κ2) is 7.04. The van der Waals surface area contributed by atoms with Crippen molar-refractivity contribution in [2.45, 2.75) is 6.54 Å².